The van der Waals surface area contributed by atoms with Crippen molar-refractivity contribution in [2.45, 2.75) is 31.7 Å². The molecule has 96 valence electrons. The molecule has 1 N–H and O–H groups in total. The van der Waals surface area contributed by atoms with Gasteiger partial charge in [0.1, 0.15) is 0 Å². The third-order valence-electron chi connectivity index (χ3n) is 4.10. The second-order valence-electron chi connectivity index (χ2n) is 5.28. The maximum absolute atomic E-state index is 12.3. The van der Waals surface area contributed by atoms with Crippen LogP contribution >= 0.6 is 0 Å². The molecule has 1 fully saturated rings. The van der Waals surface area contributed by atoms with E-state index in [2.05, 4.69) is 11.4 Å². The van der Waals surface area contributed by atoms with Gasteiger partial charge in [0.25, 0.3) is 5.91 Å². The van der Waals surface area contributed by atoms with Crippen LogP contribution < -0.4 is 5.32 Å². The Morgan fingerprint density at radius 3 is 3.06 bits per heavy atom. The lowest BCUT2D eigenvalue weighted by atomic mass is 9.98. The van der Waals surface area contributed by atoms with Crippen LogP contribution in [0.4, 0.5) is 0 Å². The highest BCUT2D eigenvalue weighted by molar-refractivity contribution is 5.96. The third kappa shape index (κ3) is 2.27. The number of hydrogen-bond acceptors (Lipinski definition) is 2. The molecule has 1 saturated heterocycles. The molecule has 1 amide bonds. The fourth-order valence-electron chi connectivity index (χ4n) is 3.00. The van der Waals surface area contributed by atoms with E-state index < -0.39 is 0 Å². The normalized spacial score (nSPS) is 23.2. The number of carbonyl (C=O) groups is 1. The molecular weight excluding hydrogens is 224 g/mol. The average Bonchev–Trinajstić information content (AvgIpc) is 2.91. The van der Waals surface area contributed by atoms with Crippen LogP contribution in [0.15, 0.2) is 24.3 Å². The van der Waals surface area contributed by atoms with Crippen LogP contribution in [0.1, 0.15) is 35.2 Å². The lowest BCUT2D eigenvalue weighted by molar-refractivity contribution is 0.0734. The van der Waals surface area contributed by atoms with E-state index in [4.69, 9.17) is 0 Å². The lowest BCUT2D eigenvalue weighted by Gasteiger charge is -2.29. The van der Waals surface area contributed by atoms with Crippen LogP contribution in [-0.2, 0) is 6.42 Å². The zero-order chi connectivity index (χ0) is 12.4. The van der Waals surface area contributed by atoms with Crippen molar-refractivity contribution in [2.24, 2.45) is 0 Å². The number of nitrogens with one attached hydrogen (secondary N) is 1. The summed E-state index contributed by atoms with van der Waals surface area (Å²) in [7, 11) is 0. The van der Waals surface area contributed by atoms with Crippen molar-refractivity contribution in [2.75, 3.05) is 19.6 Å². The molecule has 0 aliphatic carbocycles. The van der Waals surface area contributed by atoms with Crippen molar-refractivity contribution in [1.82, 2.24) is 10.2 Å². The molecule has 0 spiro atoms. The van der Waals surface area contributed by atoms with Crippen LogP contribution in [0.3, 0.4) is 0 Å². The van der Waals surface area contributed by atoms with Gasteiger partial charge in [0.15, 0.2) is 0 Å². The number of carbonyl (C=O) groups excluding carboxylic acids is 1. The summed E-state index contributed by atoms with van der Waals surface area (Å²) in [6, 6.07) is 8.62. The Morgan fingerprint density at radius 2 is 2.22 bits per heavy atom. The number of benzene rings is 1. The molecule has 1 unspecified atom stereocenters. The first-order valence-electron chi connectivity index (χ1n) is 6.95. The highest BCUT2D eigenvalue weighted by Crippen LogP contribution is 2.19. The zero-order valence-corrected chi connectivity index (χ0v) is 10.7. The molecule has 18 heavy (non-hydrogen) atoms. The van der Waals surface area contributed by atoms with Crippen molar-refractivity contribution in [1.29, 1.82) is 0 Å². The van der Waals surface area contributed by atoms with E-state index in [1.54, 1.807) is 0 Å². The quantitative estimate of drug-likeness (QED) is 0.879. The Balaban J connectivity index is 1.63. The molecule has 1 aromatic rings. The predicted octanol–water partition coefficient (Wildman–Crippen LogP) is 1.83. The maximum atomic E-state index is 12.3. The molecule has 3 rings (SSSR count). The standard InChI is InChI=1S/C15H20N2O/c18-15-14-6-2-1-4-12(14)7-10-17(15)11-8-13-5-3-9-16-13/h1-2,4,6,13,16H,3,5,7-11H2. The smallest absolute Gasteiger partial charge is 0.254 e. The number of nitrogens with zero attached hydrogens (tertiary/aromatic N) is 1. The van der Waals surface area contributed by atoms with Gasteiger partial charge in [-0.3, -0.25) is 4.79 Å². The van der Waals surface area contributed by atoms with Crippen LogP contribution in [-0.4, -0.2) is 36.5 Å². The van der Waals surface area contributed by atoms with Gasteiger partial charge in [-0.2, -0.15) is 0 Å². The van der Waals surface area contributed by atoms with Crippen LogP contribution in [0.5, 0.6) is 0 Å². The largest absolute Gasteiger partial charge is 0.338 e. The number of rotatable bonds is 3. The van der Waals surface area contributed by atoms with Crippen molar-refractivity contribution >= 4 is 5.91 Å². The summed E-state index contributed by atoms with van der Waals surface area (Å²) in [5.74, 6) is 0.217. The van der Waals surface area contributed by atoms with Crippen molar-refractivity contribution in [3.05, 3.63) is 35.4 Å². The van der Waals surface area contributed by atoms with Gasteiger partial charge in [0.05, 0.1) is 0 Å². The maximum Gasteiger partial charge on any atom is 0.254 e. The minimum absolute atomic E-state index is 0.217. The van der Waals surface area contributed by atoms with Gasteiger partial charge in [-0.05, 0) is 43.9 Å². The fourth-order valence-corrected chi connectivity index (χ4v) is 3.00. The van der Waals surface area contributed by atoms with Gasteiger partial charge >= 0.3 is 0 Å². The summed E-state index contributed by atoms with van der Waals surface area (Å²) in [5.41, 5.74) is 2.11. The van der Waals surface area contributed by atoms with Crippen LogP contribution in [0.25, 0.3) is 0 Å². The molecule has 0 radical (unpaired) electrons. The van der Waals surface area contributed by atoms with Crippen molar-refractivity contribution < 1.29 is 4.79 Å². The molecule has 2 aliphatic heterocycles. The number of hydrogen-bond donors (Lipinski definition) is 1. The summed E-state index contributed by atoms with van der Waals surface area (Å²) in [6.45, 7) is 2.91. The first kappa shape index (κ1) is 11.7. The Bertz CT molecular complexity index is 438. The molecule has 3 nitrogen and oxygen atoms in total. The molecule has 2 aliphatic rings. The SMILES string of the molecule is O=C1c2ccccc2CCN1CCC1CCCN1. The molecule has 1 atom stereocenters. The van der Waals surface area contributed by atoms with Gasteiger partial charge in [-0.15, -0.1) is 0 Å². The van der Waals surface area contributed by atoms with Gasteiger partial charge in [-0.1, -0.05) is 18.2 Å². The van der Waals surface area contributed by atoms with Gasteiger partial charge in [-0.25, -0.2) is 0 Å². The first-order chi connectivity index (χ1) is 8.84. The summed E-state index contributed by atoms with van der Waals surface area (Å²) >= 11 is 0. The molecule has 3 heteroatoms. The Kier molecular flexibility index (Phi) is 3.33. The fraction of sp³-hybridized carbons (Fsp3) is 0.533. The molecule has 0 saturated carbocycles. The molecule has 0 aromatic heterocycles. The summed E-state index contributed by atoms with van der Waals surface area (Å²) < 4.78 is 0. The second-order valence-corrected chi connectivity index (χ2v) is 5.28. The summed E-state index contributed by atoms with van der Waals surface area (Å²) in [6.07, 6.45) is 4.63. The summed E-state index contributed by atoms with van der Waals surface area (Å²) in [4.78, 5) is 14.3. The van der Waals surface area contributed by atoms with Crippen molar-refractivity contribution in [3.63, 3.8) is 0 Å². The van der Waals surface area contributed by atoms with Gasteiger partial charge in [0.2, 0.25) is 0 Å². The molecule has 2 heterocycles. The lowest BCUT2D eigenvalue weighted by Crippen LogP contribution is -2.40. The highest BCUT2D eigenvalue weighted by Gasteiger charge is 2.24. The van der Waals surface area contributed by atoms with E-state index in [0.29, 0.717) is 6.04 Å². The number of fused-ring (bicyclic) bond motifs is 1. The molecular formula is C15H20N2O. The third-order valence-corrected chi connectivity index (χ3v) is 4.10. The molecule has 0 bridgehead atoms. The topological polar surface area (TPSA) is 32.3 Å². The summed E-state index contributed by atoms with van der Waals surface area (Å²) in [5, 5.41) is 3.49. The van der Waals surface area contributed by atoms with Crippen LogP contribution in [0.2, 0.25) is 0 Å². The van der Waals surface area contributed by atoms with E-state index in [0.717, 1.165) is 38.0 Å². The Hall–Kier alpha value is -1.35. The second kappa shape index (κ2) is 5.11. The van der Waals surface area contributed by atoms with Crippen molar-refractivity contribution in [3.8, 4) is 0 Å². The predicted molar refractivity (Wildman–Crippen MR) is 71.7 cm³/mol. The van der Waals surface area contributed by atoms with E-state index >= 15 is 0 Å². The first-order valence-corrected chi connectivity index (χ1v) is 6.95. The Morgan fingerprint density at radius 1 is 1.33 bits per heavy atom. The van der Waals surface area contributed by atoms with Crippen LogP contribution in [0, 0.1) is 0 Å². The minimum Gasteiger partial charge on any atom is -0.338 e. The number of amides is 1. The minimum atomic E-state index is 0.217. The van der Waals surface area contributed by atoms with E-state index in [1.807, 2.05) is 23.1 Å². The molecule has 1 aromatic carbocycles. The van der Waals surface area contributed by atoms with Gasteiger partial charge in [0, 0.05) is 24.7 Å². The van der Waals surface area contributed by atoms with E-state index in [-0.39, 0.29) is 5.91 Å². The highest BCUT2D eigenvalue weighted by atomic mass is 16.2. The monoisotopic (exact) mass is 244 g/mol. The average molecular weight is 244 g/mol. The zero-order valence-electron chi connectivity index (χ0n) is 10.7. The Labute approximate surface area is 108 Å². The van der Waals surface area contributed by atoms with Gasteiger partial charge < -0.3 is 10.2 Å². The van der Waals surface area contributed by atoms with E-state index in [1.165, 1.54) is 18.4 Å². The van der Waals surface area contributed by atoms with E-state index in [9.17, 15) is 4.79 Å².